The summed E-state index contributed by atoms with van der Waals surface area (Å²) in [6.45, 7) is 6.88. The van der Waals surface area contributed by atoms with E-state index in [-0.39, 0.29) is 6.61 Å². The first kappa shape index (κ1) is 15.9. The fourth-order valence-corrected chi connectivity index (χ4v) is 2.38. The van der Waals surface area contributed by atoms with Crippen LogP contribution in [0.4, 0.5) is 5.82 Å². The number of anilines is 1. The van der Waals surface area contributed by atoms with Crippen molar-refractivity contribution in [1.82, 2.24) is 4.98 Å². The van der Waals surface area contributed by atoms with Gasteiger partial charge in [-0.1, -0.05) is 26.1 Å². The zero-order valence-electron chi connectivity index (χ0n) is 11.9. The van der Waals surface area contributed by atoms with Gasteiger partial charge in [-0.3, -0.25) is 0 Å². The highest BCUT2D eigenvalue weighted by atomic mass is 32.1. The molecule has 0 amide bonds. The van der Waals surface area contributed by atoms with Crippen LogP contribution in [0.2, 0.25) is 0 Å². The Hall–Kier alpha value is -1.20. The number of aliphatic hydroxyl groups excluding tert-OH is 1. The summed E-state index contributed by atoms with van der Waals surface area (Å²) >= 11 is 5.04. The average Bonchev–Trinajstić information content (AvgIpc) is 2.38. The molecule has 0 saturated heterocycles. The lowest BCUT2D eigenvalue weighted by molar-refractivity contribution is 0.295. The number of thiocarbonyl (C=S) groups is 1. The Bertz CT molecular complexity index is 433. The van der Waals surface area contributed by atoms with Crippen LogP contribution in [0, 0.1) is 6.92 Å². The average molecular weight is 281 g/mol. The first-order valence-corrected chi connectivity index (χ1v) is 7.10. The summed E-state index contributed by atoms with van der Waals surface area (Å²) in [4.78, 5) is 7.06. The second-order valence-electron chi connectivity index (χ2n) is 4.61. The van der Waals surface area contributed by atoms with E-state index in [4.69, 9.17) is 18.0 Å². The predicted molar refractivity (Wildman–Crippen MR) is 83.7 cm³/mol. The summed E-state index contributed by atoms with van der Waals surface area (Å²) < 4.78 is 0. The minimum absolute atomic E-state index is 0.106. The molecule has 0 fully saturated rings. The van der Waals surface area contributed by atoms with Crippen molar-refractivity contribution < 1.29 is 5.11 Å². The summed E-state index contributed by atoms with van der Waals surface area (Å²) in [5.74, 6) is 0.838. The SMILES string of the molecule is CCC(CC)N(CCO)c1cc(C(N)=S)cc(C)n1. The van der Waals surface area contributed by atoms with Gasteiger partial charge in [-0.05, 0) is 31.9 Å². The van der Waals surface area contributed by atoms with Crippen LogP contribution in [0.5, 0.6) is 0 Å². The number of aliphatic hydroxyl groups is 1. The second-order valence-corrected chi connectivity index (χ2v) is 5.05. The molecule has 0 spiro atoms. The monoisotopic (exact) mass is 281 g/mol. The molecule has 1 rings (SSSR count). The molecule has 0 atom stereocenters. The first-order chi connectivity index (χ1) is 9.03. The maximum atomic E-state index is 9.27. The molecule has 106 valence electrons. The van der Waals surface area contributed by atoms with E-state index in [0.717, 1.165) is 29.9 Å². The van der Waals surface area contributed by atoms with Crippen LogP contribution in [0.1, 0.15) is 37.9 Å². The molecule has 1 heterocycles. The van der Waals surface area contributed by atoms with E-state index in [0.29, 0.717) is 17.6 Å². The molecule has 19 heavy (non-hydrogen) atoms. The molecule has 3 N–H and O–H groups in total. The van der Waals surface area contributed by atoms with E-state index in [1.165, 1.54) is 0 Å². The summed E-state index contributed by atoms with van der Waals surface area (Å²) in [6.07, 6.45) is 2.02. The van der Waals surface area contributed by atoms with E-state index in [9.17, 15) is 5.11 Å². The van der Waals surface area contributed by atoms with E-state index >= 15 is 0 Å². The molecule has 0 radical (unpaired) electrons. The molecule has 5 heteroatoms. The third kappa shape index (κ3) is 4.14. The molecule has 0 bridgehead atoms. The lowest BCUT2D eigenvalue weighted by Gasteiger charge is -2.31. The molecule has 0 aliphatic rings. The molecule has 0 unspecified atom stereocenters. The van der Waals surface area contributed by atoms with Gasteiger partial charge >= 0.3 is 0 Å². The quantitative estimate of drug-likeness (QED) is 0.749. The number of hydrogen-bond donors (Lipinski definition) is 2. The van der Waals surface area contributed by atoms with Crippen LogP contribution in [0.3, 0.4) is 0 Å². The van der Waals surface area contributed by atoms with Gasteiger partial charge in [0.25, 0.3) is 0 Å². The zero-order valence-corrected chi connectivity index (χ0v) is 12.7. The predicted octanol–water partition coefficient (Wildman–Crippen LogP) is 2.01. The minimum Gasteiger partial charge on any atom is -0.395 e. The van der Waals surface area contributed by atoms with Gasteiger partial charge in [0.1, 0.15) is 10.8 Å². The standard InChI is InChI=1S/C14H23N3OS/c1-4-12(5-2)17(6-7-18)13-9-11(14(15)19)8-10(3)16-13/h8-9,12,18H,4-7H2,1-3H3,(H2,15,19). The molecule has 0 saturated carbocycles. The molecular weight excluding hydrogens is 258 g/mol. The van der Waals surface area contributed by atoms with Gasteiger partial charge in [-0.25, -0.2) is 4.98 Å². The molecule has 4 nitrogen and oxygen atoms in total. The first-order valence-electron chi connectivity index (χ1n) is 6.69. The van der Waals surface area contributed by atoms with Crippen molar-refractivity contribution in [2.45, 2.75) is 39.7 Å². The number of rotatable bonds is 7. The Morgan fingerprint density at radius 2 is 2.05 bits per heavy atom. The number of nitrogens with two attached hydrogens (primary N) is 1. The summed E-state index contributed by atoms with van der Waals surface area (Å²) in [7, 11) is 0. The second kappa shape index (κ2) is 7.40. The van der Waals surface area contributed by atoms with Crippen molar-refractivity contribution in [3.63, 3.8) is 0 Å². The van der Waals surface area contributed by atoms with E-state index in [1.807, 2.05) is 19.1 Å². The number of pyridine rings is 1. The van der Waals surface area contributed by atoms with Gasteiger partial charge in [0, 0.05) is 23.8 Å². The Morgan fingerprint density at radius 1 is 1.42 bits per heavy atom. The van der Waals surface area contributed by atoms with E-state index in [1.54, 1.807) is 0 Å². The van der Waals surface area contributed by atoms with Crippen LogP contribution in [-0.2, 0) is 0 Å². The number of aromatic nitrogens is 1. The van der Waals surface area contributed by atoms with Crippen LogP contribution in [0.25, 0.3) is 0 Å². The Kier molecular flexibility index (Phi) is 6.18. The van der Waals surface area contributed by atoms with Crippen molar-refractivity contribution in [2.24, 2.45) is 5.73 Å². The lowest BCUT2D eigenvalue weighted by atomic mass is 10.1. The smallest absolute Gasteiger partial charge is 0.129 e. The molecule has 0 aliphatic carbocycles. The van der Waals surface area contributed by atoms with Crippen LogP contribution < -0.4 is 10.6 Å². The lowest BCUT2D eigenvalue weighted by Crippen LogP contribution is -2.37. The van der Waals surface area contributed by atoms with Crippen molar-refractivity contribution in [3.05, 3.63) is 23.4 Å². The largest absolute Gasteiger partial charge is 0.395 e. The highest BCUT2D eigenvalue weighted by Gasteiger charge is 2.17. The van der Waals surface area contributed by atoms with Gasteiger partial charge in [-0.2, -0.15) is 0 Å². The van der Waals surface area contributed by atoms with Crippen molar-refractivity contribution in [2.75, 3.05) is 18.1 Å². The maximum absolute atomic E-state index is 9.27. The van der Waals surface area contributed by atoms with Crippen LogP contribution in [0.15, 0.2) is 12.1 Å². The molecule has 0 aliphatic heterocycles. The topological polar surface area (TPSA) is 62.4 Å². The van der Waals surface area contributed by atoms with Crippen LogP contribution >= 0.6 is 12.2 Å². The normalized spacial score (nSPS) is 10.8. The number of aryl methyl sites for hydroxylation is 1. The van der Waals surface area contributed by atoms with Gasteiger partial charge in [-0.15, -0.1) is 0 Å². The van der Waals surface area contributed by atoms with Crippen LogP contribution in [-0.4, -0.2) is 34.3 Å². The van der Waals surface area contributed by atoms with Gasteiger partial charge in [0.15, 0.2) is 0 Å². The highest BCUT2D eigenvalue weighted by Crippen LogP contribution is 2.20. The number of hydrogen-bond acceptors (Lipinski definition) is 4. The van der Waals surface area contributed by atoms with Crippen molar-refractivity contribution in [1.29, 1.82) is 0 Å². The highest BCUT2D eigenvalue weighted by molar-refractivity contribution is 7.80. The van der Waals surface area contributed by atoms with Gasteiger partial charge < -0.3 is 15.7 Å². The Balaban J connectivity index is 3.17. The maximum Gasteiger partial charge on any atom is 0.129 e. The molecule has 1 aromatic heterocycles. The van der Waals surface area contributed by atoms with E-state index < -0.39 is 0 Å². The van der Waals surface area contributed by atoms with E-state index in [2.05, 4.69) is 23.7 Å². The minimum atomic E-state index is 0.106. The molecule has 0 aromatic carbocycles. The third-order valence-electron chi connectivity index (χ3n) is 3.24. The summed E-state index contributed by atoms with van der Waals surface area (Å²) in [6, 6.07) is 4.15. The summed E-state index contributed by atoms with van der Waals surface area (Å²) in [5, 5.41) is 9.27. The third-order valence-corrected chi connectivity index (χ3v) is 3.48. The molecule has 1 aromatic rings. The van der Waals surface area contributed by atoms with Crippen molar-refractivity contribution >= 4 is 23.0 Å². The van der Waals surface area contributed by atoms with Gasteiger partial charge in [0.05, 0.1) is 6.61 Å². The molecular formula is C14H23N3OS. The van der Waals surface area contributed by atoms with Gasteiger partial charge in [0.2, 0.25) is 0 Å². The van der Waals surface area contributed by atoms with Crippen molar-refractivity contribution in [3.8, 4) is 0 Å². The number of nitrogens with zero attached hydrogens (tertiary/aromatic N) is 2. The Labute approximate surface area is 120 Å². The fourth-order valence-electron chi connectivity index (χ4n) is 2.26. The Morgan fingerprint density at radius 3 is 2.53 bits per heavy atom. The summed E-state index contributed by atoms with van der Waals surface area (Å²) in [5.41, 5.74) is 7.41. The zero-order chi connectivity index (χ0) is 14.4. The fraction of sp³-hybridized carbons (Fsp3) is 0.571.